The lowest BCUT2D eigenvalue weighted by molar-refractivity contribution is -0.158. The number of hydrogen-bond donors (Lipinski definition) is 2. The number of aromatic nitrogens is 3. The van der Waals surface area contributed by atoms with Crippen LogP contribution in [0.15, 0.2) is 177 Å². The molecular formula is C47H36ClN7O5S3. The van der Waals surface area contributed by atoms with Gasteiger partial charge in [-0.2, -0.15) is 0 Å². The average molecular weight is 911 g/mol. The number of amides is 2. The van der Waals surface area contributed by atoms with Crippen molar-refractivity contribution in [3.8, 4) is 0 Å². The highest BCUT2D eigenvalue weighted by molar-refractivity contribution is 8.04. The molecule has 0 radical (unpaired) electrons. The standard InChI is InChI=1S/C47H36ClN7O5S3/c48-41-37(52-45(49)63-41)38(54-60-47(31-20-10-3-11-21-31,32-22-12-4-13-23-32)33-24-14-5-15-25-33)42(56)51-36-34-26-27-35(62-46-53-50-28-61-46)39(55(34)43(36)57)44(58)59-40(29-16-6-1-7-17-29)30-18-8-2-9-19-30/h1-25,28,34,36,40H,26-27H2,(H2,49,52)(H,51,56)/b54-38-. The van der Waals surface area contributed by atoms with E-state index in [9.17, 15) is 14.4 Å². The van der Waals surface area contributed by atoms with Crippen LogP contribution in [0.3, 0.4) is 0 Å². The van der Waals surface area contributed by atoms with Crippen LogP contribution in [0.5, 0.6) is 0 Å². The maximum atomic E-state index is 14.7. The van der Waals surface area contributed by atoms with Crippen molar-refractivity contribution in [1.82, 2.24) is 25.4 Å². The summed E-state index contributed by atoms with van der Waals surface area (Å²) in [5.41, 5.74) is 9.86. The minimum atomic E-state index is -1.35. The number of thioether (sulfide) groups is 1. The number of nitrogen functional groups attached to an aromatic ring is 1. The molecule has 0 spiro atoms. The molecular weight excluding hydrogens is 874 g/mol. The van der Waals surface area contributed by atoms with Crippen LogP contribution in [0.25, 0.3) is 0 Å². The molecule has 7 aromatic rings. The molecule has 2 amide bonds. The van der Waals surface area contributed by atoms with Crippen molar-refractivity contribution in [2.75, 3.05) is 5.73 Å². The lowest BCUT2D eigenvalue weighted by atomic mass is 9.80. The first kappa shape index (κ1) is 41.7. The van der Waals surface area contributed by atoms with Gasteiger partial charge in [-0.05, 0) is 24.0 Å². The predicted octanol–water partition coefficient (Wildman–Crippen LogP) is 8.77. The van der Waals surface area contributed by atoms with E-state index < -0.39 is 41.6 Å². The topological polar surface area (TPSA) is 162 Å². The predicted molar refractivity (Wildman–Crippen MR) is 244 cm³/mol. The SMILES string of the molecule is Nc1nc(/C(=N/OC(c2ccccc2)(c2ccccc2)c2ccccc2)C(=O)NC2C(=O)N3C(C(=O)OC(c4ccccc4)c4ccccc4)=C(Sc4nncs4)CCC23)c(Cl)s1. The fourth-order valence-corrected chi connectivity index (χ4v) is 10.5. The number of oxime groups is 1. The van der Waals surface area contributed by atoms with Gasteiger partial charge in [-0.15, -0.1) is 10.2 Å². The number of β-lactam (4-membered cyclic amide) rings is 1. The number of halogens is 1. The molecule has 2 aromatic heterocycles. The van der Waals surface area contributed by atoms with Gasteiger partial charge in [-0.25, -0.2) is 9.78 Å². The van der Waals surface area contributed by atoms with Crippen molar-refractivity contribution < 1.29 is 24.0 Å². The van der Waals surface area contributed by atoms with Gasteiger partial charge in [-0.1, -0.05) is 203 Å². The molecule has 0 bridgehead atoms. The number of hydrogen-bond acceptors (Lipinski definition) is 13. The Balaban J connectivity index is 1.06. The van der Waals surface area contributed by atoms with E-state index in [0.29, 0.717) is 22.1 Å². The van der Waals surface area contributed by atoms with Crippen molar-refractivity contribution in [1.29, 1.82) is 0 Å². The summed E-state index contributed by atoms with van der Waals surface area (Å²) in [4.78, 5) is 56.7. The van der Waals surface area contributed by atoms with Crippen LogP contribution in [-0.2, 0) is 29.6 Å². The first-order valence-electron chi connectivity index (χ1n) is 19.8. The Morgan fingerprint density at radius 1 is 0.841 bits per heavy atom. The Bertz CT molecular complexity index is 2660. The van der Waals surface area contributed by atoms with E-state index >= 15 is 0 Å². The summed E-state index contributed by atoms with van der Waals surface area (Å²) in [6.45, 7) is 0. The van der Waals surface area contributed by atoms with Crippen LogP contribution in [0.1, 0.15) is 52.5 Å². The number of esters is 1. The minimum absolute atomic E-state index is 0.0141. The average Bonchev–Trinajstić information content (AvgIpc) is 3.97. The molecule has 2 aliphatic heterocycles. The molecule has 2 atom stereocenters. The number of carbonyl (C=O) groups is 3. The highest BCUT2D eigenvalue weighted by Gasteiger charge is 2.54. The van der Waals surface area contributed by atoms with Crippen LogP contribution in [0.4, 0.5) is 5.13 Å². The summed E-state index contributed by atoms with van der Waals surface area (Å²) in [5, 5.41) is 15.7. The van der Waals surface area contributed by atoms with E-state index in [0.717, 1.165) is 39.2 Å². The second-order valence-corrected chi connectivity index (χ2v) is 18.2. The number of benzene rings is 5. The van der Waals surface area contributed by atoms with Crippen molar-refractivity contribution in [3.05, 3.63) is 206 Å². The van der Waals surface area contributed by atoms with Crippen molar-refractivity contribution in [2.24, 2.45) is 5.16 Å². The van der Waals surface area contributed by atoms with Gasteiger partial charge in [0, 0.05) is 21.6 Å². The van der Waals surface area contributed by atoms with Gasteiger partial charge in [0.1, 0.15) is 27.3 Å². The molecule has 0 saturated carbocycles. The van der Waals surface area contributed by atoms with Gasteiger partial charge in [0.2, 0.25) is 5.60 Å². The number of carbonyl (C=O) groups excluding carboxylic acids is 3. The number of rotatable bonds is 14. The number of allylic oxidation sites excluding steroid dienone is 1. The molecule has 63 heavy (non-hydrogen) atoms. The number of nitrogens with zero attached hydrogens (tertiary/aromatic N) is 5. The van der Waals surface area contributed by atoms with Gasteiger partial charge < -0.3 is 20.6 Å². The molecule has 12 nitrogen and oxygen atoms in total. The largest absolute Gasteiger partial charge is 0.448 e. The minimum Gasteiger partial charge on any atom is -0.448 e. The van der Waals surface area contributed by atoms with Gasteiger partial charge in [0.05, 0.1) is 6.04 Å². The van der Waals surface area contributed by atoms with E-state index in [4.69, 9.17) is 26.9 Å². The van der Waals surface area contributed by atoms with Crippen molar-refractivity contribution in [3.63, 3.8) is 0 Å². The third-order valence-corrected chi connectivity index (χ3v) is 13.7. The summed E-state index contributed by atoms with van der Waals surface area (Å²) >= 11 is 10.2. The number of ether oxygens (including phenoxy) is 1. The smallest absolute Gasteiger partial charge is 0.356 e. The molecule has 9 rings (SSSR count). The van der Waals surface area contributed by atoms with Gasteiger partial charge >= 0.3 is 5.97 Å². The second kappa shape index (κ2) is 18.4. The Kier molecular flexibility index (Phi) is 12.2. The quantitative estimate of drug-likeness (QED) is 0.0355. The van der Waals surface area contributed by atoms with Crippen LogP contribution < -0.4 is 11.1 Å². The lowest BCUT2D eigenvalue weighted by Gasteiger charge is -2.50. The number of anilines is 1. The number of fused-ring (bicyclic) bond motifs is 1. The Morgan fingerprint density at radius 2 is 1.38 bits per heavy atom. The Morgan fingerprint density at radius 3 is 1.87 bits per heavy atom. The first-order chi connectivity index (χ1) is 30.8. The number of thiazole rings is 1. The molecule has 16 heteroatoms. The maximum absolute atomic E-state index is 14.7. The summed E-state index contributed by atoms with van der Waals surface area (Å²) in [5.74, 6) is -1.98. The summed E-state index contributed by atoms with van der Waals surface area (Å²) in [6, 6.07) is 45.7. The van der Waals surface area contributed by atoms with E-state index in [-0.39, 0.29) is 26.6 Å². The molecule has 0 aliphatic carbocycles. The first-order valence-corrected chi connectivity index (χ1v) is 22.7. The van der Waals surface area contributed by atoms with Crippen molar-refractivity contribution in [2.45, 2.75) is 41.0 Å². The Labute approximate surface area is 379 Å². The Hall–Kier alpha value is -6.65. The van der Waals surface area contributed by atoms with Gasteiger partial charge in [-0.3, -0.25) is 14.5 Å². The van der Waals surface area contributed by atoms with Crippen LogP contribution in [-0.4, -0.2) is 55.7 Å². The summed E-state index contributed by atoms with van der Waals surface area (Å²) in [7, 11) is 0. The van der Waals surface area contributed by atoms with Crippen LogP contribution >= 0.6 is 46.0 Å². The summed E-state index contributed by atoms with van der Waals surface area (Å²) in [6.07, 6.45) is 0.0432. The van der Waals surface area contributed by atoms with Crippen molar-refractivity contribution >= 4 is 74.7 Å². The molecule has 3 N–H and O–H groups in total. The molecule has 1 saturated heterocycles. The molecule has 1 fully saturated rings. The highest BCUT2D eigenvalue weighted by atomic mass is 35.5. The third-order valence-electron chi connectivity index (χ3n) is 10.7. The van der Waals surface area contributed by atoms with E-state index in [1.807, 2.05) is 152 Å². The van der Waals surface area contributed by atoms with Crippen LogP contribution in [0, 0.1) is 0 Å². The highest BCUT2D eigenvalue weighted by Crippen LogP contribution is 2.45. The van der Waals surface area contributed by atoms with E-state index in [1.54, 1.807) is 5.51 Å². The zero-order valence-corrected chi connectivity index (χ0v) is 36.3. The number of nitrogens with two attached hydrogens (primary N) is 1. The normalized spacial score (nSPS) is 16.3. The molecule has 2 unspecified atom stereocenters. The van der Waals surface area contributed by atoms with Crippen LogP contribution in [0.2, 0.25) is 4.34 Å². The molecule has 2 aliphatic rings. The zero-order valence-electron chi connectivity index (χ0n) is 33.1. The maximum Gasteiger partial charge on any atom is 0.356 e. The fraction of sp³-hybridized carbons (Fsp3) is 0.128. The van der Waals surface area contributed by atoms with Gasteiger partial charge in [0.25, 0.3) is 11.8 Å². The van der Waals surface area contributed by atoms with Gasteiger partial charge in [0.15, 0.2) is 21.3 Å². The summed E-state index contributed by atoms with van der Waals surface area (Å²) < 4.78 is 7.03. The number of nitrogens with one attached hydrogen (secondary N) is 1. The third kappa shape index (κ3) is 8.35. The monoisotopic (exact) mass is 909 g/mol. The second-order valence-electron chi connectivity index (χ2n) is 14.4. The van der Waals surface area contributed by atoms with E-state index in [2.05, 4.69) is 25.7 Å². The fourth-order valence-electron chi connectivity index (χ4n) is 7.83. The molecule has 5 aromatic carbocycles. The zero-order chi connectivity index (χ0) is 43.3. The molecule has 314 valence electrons. The van der Waals surface area contributed by atoms with E-state index in [1.165, 1.54) is 28.0 Å². The molecule has 4 heterocycles. The lowest BCUT2D eigenvalue weighted by Crippen LogP contribution is -2.72.